The van der Waals surface area contributed by atoms with Crippen molar-refractivity contribution in [3.63, 3.8) is 0 Å². The lowest BCUT2D eigenvalue weighted by molar-refractivity contribution is -0.156. The fourth-order valence-corrected chi connectivity index (χ4v) is 6.32. The monoisotopic (exact) mass is 547 g/mol. The van der Waals surface area contributed by atoms with Gasteiger partial charge in [-0.05, 0) is 45.2 Å². The molecule has 39 heavy (non-hydrogen) atoms. The topological polar surface area (TPSA) is 88.4 Å². The summed E-state index contributed by atoms with van der Waals surface area (Å²) >= 11 is 0. The maximum Gasteiger partial charge on any atom is 0.396 e. The van der Waals surface area contributed by atoms with Gasteiger partial charge in [-0.25, -0.2) is 15.0 Å². The second kappa shape index (κ2) is 10.3. The van der Waals surface area contributed by atoms with Crippen molar-refractivity contribution in [1.29, 1.82) is 0 Å². The van der Waals surface area contributed by atoms with Gasteiger partial charge in [0, 0.05) is 63.3 Å². The first kappa shape index (κ1) is 26.5. The highest BCUT2D eigenvalue weighted by molar-refractivity contribution is 5.94. The molecular formula is C27H36F3N7O2. The van der Waals surface area contributed by atoms with E-state index >= 15 is 0 Å². The highest BCUT2D eigenvalue weighted by Crippen LogP contribution is 2.46. The third-order valence-corrected chi connectivity index (χ3v) is 9.04. The number of carbonyl (C=O) groups is 1. The predicted octanol–water partition coefficient (Wildman–Crippen LogP) is 3.82. The van der Waals surface area contributed by atoms with E-state index in [1.54, 1.807) is 0 Å². The third kappa shape index (κ3) is 5.25. The zero-order chi connectivity index (χ0) is 27.2. The number of likely N-dealkylation sites (tertiary alicyclic amines) is 1. The Kier molecular flexibility index (Phi) is 7.03. The van der Waals surface area contributed by atoms with Crippen LogP contribution in [0.5, 0.6) is 0 Å². The molecule has 0 aromatic carbocycles. The average Bonchev–Trinajstić information content (AvgIpc) is 3.32. The van der Waals surface area contributed by atoms with E-state index in [0.29, 0.717) is 13.1 Å². The summed E-state index contributed by atoms with van der Waals surface area (Å²) < 4.78 is 49.8. The number of carbonyl (C=O) groups excluding carboxylic acids is 1. The Bertz CT molecular complexity index is 1200. The summed E-state index contributed by atoms with van der Waals surface area (Å²) in [5, 5.41) is 2.51. The summed E-state index contributed by atoms with van der Waals surface area (Å²) in [6.07, 6.45) is 2.96. The van der Waals surface area contributed by atoms with Gasteiger partial charge in [0.25, 0.3) is 0 Å². The number of piperidine rings is 1. The van der Waals surface area contributed by atoms with E-state index in [1.807, 2.05) is 4.90 Å². The van der Waals surface area contributed by atoms with E-state index < -0.39 is 24.4 Å². The molecule has 6 heterocycles. The number of hydrogen-bond acceptors (Lipinski definition) is 7. The number of ether oxygens (including phenoxy) is 1. The van der Waals surface area contributed by atoms with Gasteiger partial charge in [-0.1, -0.05) is 6.92 Å². The van der Waals surface area contributed by atoms with Crippen molar-refractivity contribution < 1.29 is 22.7 Å². The summed E-state index contributed by atoms with van der Waals surface area (Å²) in [6.45, 7) is 9.07. The number of hydrogen-bond donors (Lipinski definition) is 1. The zero-order valence-electron chi connectivity index (χ0n) is 22.3. The quantitative estimate of drug-likeness (QED) is 0.588. The van der Waals surface area contributed by atoms with Crippen molar-refractivity contribution in [2.75, 3.05) is 56.2 Å². The summed E-state index contributed by atoms with van der Waals surface area (Å²) in [4.78, 5) is 29.8. The number of rotatable bonds is 6. The minimum absolute atomic E-state index is 0.00717. The molecule has 0 saturated carbocycles. The van der Waals surface area contributed by atoms with Gasteiger partial charge in [-0.15, -0.1) is 0 Å². The standard InChI is InChI=1S/C27H36F3N7O2/c1-26(5-13-39-14-6-26)20-16-37(12-11-35-7-2-8-35)24(33-20)18-3-9-36(10-4-18)25-22-19(27(28,29)30)15-21(38)34-23(22)31-17-32-25/h16-19H,2-15H2,1H3,(H,31,32,34,38)/t19-/m1/s1. The summed E-state index contributed by atoms with van der Waals surface area (Å²) in [5.74, 6) is -1.03. The maximum atomic E-state index is 13.9. The number of nitrogens with zero attached hydrogens (tertiary/aromatic N) is 6. The van der Waals surface area contributed by atoms with E-state index in [4.69, 9.17) is 9.72 Å². The molecule has 6 rings (SSSR count). The highest BCUT2D eigenvalue weighted by atomic mass is 19.4. The SMILES string of the molecule is CC1(c2cn(CCN3CCC3)c(C3CCN(c4ncnc5c4[C@H](C(F)(F)F)CC(=O)N5)CC3)n2)CCOCC1. The summed E-state index contributed by atoms with van der Waals surface area (Å²) in [6, 6.07) is 0. The number of alkyl halides is 3. The highest BCUT2D eigenvalue weighted by Gasteiger charge is 2.48. The first-order valence-electron chi connectivity index (χ1n) is 14.1. The molecule has 0 spiro atoms. The smallest absolute Gasteiger partial charge is 0.381 e. The summed E-state index contributed by atoms with van der Waals surface area (Å²) in [5.41, 5.74) is 1.10. The molecule has 0 unspecified atom stereocenters. The summed E-state index contributed by atoms with van der Waals surface area (Å²) in [7, 11) is 0. The molecule has 1 atom stereocenters. The van der Waals surface area contributed by atoms with Gasteiger partial charge < -0.3 is 24.4 Å². The Labute approximate surface area is 226 Å². The molecule has 3 saturated heterocycles. The Hall–Kier alpha value is -2.73. The number of anilines is 2. The van der Waals surface area contributed by atoms with Crippen LogP contribution >= 0.6 is 0 Å². The third-order valence-electron chi connectivity index (χ3n) is 9.04. The minimum Gasteiger partial charge on any atom is -0.381 e. The first-order chi connectivity index (χ1) is 18.7. The fraction of sp³-hybridized carbons (Fsp3) is 0.704. The lowest BCUT2D eigenvalue weighted by Crippen LogP contribution is -2.40. The van der Waals surface area contributed by atoms with Gasteiger partial charge in [0.05, 0.1) is 17.2 Å². The molecule has 1 N–H and O–H groups in total. The Morgan fingerprint density at radius 2 is 1.85 bits per heavy atom. The van der Waals surface area contributed by atoms with Crippen molar-refractivity contribution in [2.45, 2.75) is 75.4 Å². The van der Waals surface area contributed by atoms with E-state index in [2.05, 4.69) is 37.9 Å². The number of fused-ring (bicyclic) bond motifs is 1. The molecule has 0 aliphatic carbocycles. The van der Waals surface area contributed by atoms with Crippen LogP contribution in [0.1, 0.15) is 74.4 Å². The largest absolute Gasteiger partial charge is 0.396 e. The molecule has 3 fully saturated rings. The minimum atomic E-state index is -4.55. The molecule has 212 valence electrons. The lowest BCUT2D eigenvalue weighted by Gasteiger charge is -2.36. The molecule has 2 aromatic heterocycles. The fourth-order valence-electron chi connectivity index (χ4n) is 6.32. The van der Waals surface area contributed by atoms with E-state index in [1.165, 1.54) is 12.7 Å². The predicted molar refractivity (Wildman–Crippen MR) is 139 cm³/mol. The molecule has 2 aromatic rings. The zero-order valence-corrected chi connectivity index (χ0v) is 22.3. The number of imidazole rings is 1. The molecule has 12 heteroatoms. The number of halogens is 3. The Morgan fingerprint density at radius 1 is 1.10 bits per heavy atom. The van der Waals surface area contributed by atoms with Gasteiger partial charge in [0.1, 0.15) is 23.8 Å². The van der Waals surface area contributed by atoms with Crippen LogP contribution in [0.25, 0.3) is 0 Å². The van der Waals surface area contributed by atoms with Gasteiger partial charge >= 0.3 is 6.18 Å². The Balaban J connectivity index is 1.23. The maximum absolute atomic E-state index is 13.9. The van der Waals surface area contributed by atoms with Crippen LogP contribution in [-0.4, -0.2) is 82.4 Å². The van der Waals surface area contributed by atoms with Gasteiger partial charge in [0.2, 0.25) is 5.91 Å². The van der Waals surface area contributed by atoms with Crippen molar-refractivity contribution >= 4 is 17.5 Å². The van der Waals surface area contributed by atoms with E-state index in [-0.39, 0.29) is 28.5 Å². The van der Waals surface area contributed by atoms with Crippen molar-refractivity contribution in [1.82, 2.24) is 24.4 Å². The molecule has 0 bridgehead atoms. The van der Waals surface area contributed by atoms with Crippen LogP contribution in [-0.2, 0) is 21.5 Å². The molecule has 4 aliphatic heterocycles. The average molecular weight is 548 g/mol. The Morgan fingerprint density at radius 3 is 2.51 bits per heavy atom. The molecule has 4 aliphatic rings. The van der Waals surface area contributed by atoms with Crippen LogP contribution < -0.4 is 10.2 Å². The van der Waals surface area contributed by atoms with Crippen LogP contribution in [0.4, 0.5) is 24.8 Å². The second-order valence-corrected chi connectivity index (χ2v) is 11.6. The van der Waals surface area contributed by atoms with Crippen LogP contribution in [0.2, 0.25) is 0 Å². The first-order valence-corrected chi connectivity index (χ1v) is 14.1. The van der Waals surface area contributed by atoms with Crippen molar-refractivity contribution in [3.05, 3.63) is 29.6 Å². The van der Waals surface area contributed by atoms with Crippen molar-refractivity contribution in [2.24, 2.45) is 0 Å². The van der Waals surface area contributed by atoms with E-state index in [9.17, 15) is 18.0 Å². The number of aromatic nitrogens is 4. The second-order valence-electron chi connectivity index (χ2n) is 11.6. The van der Waals surface area contributed by atoms with Crippen LogP contribution in [0.15, 0.2) is 12.5 Å². The molecule has 9 nitrogen and oxygen atoms in total. The molecule has 1 amide bonds. The molecule has 0 radical (unpaired) electrons. The van der Waals surface area contributed by atoms with Gasteiger partial charge in [-0.3, -0.25) is 4.79 Å². The number of amides is 1. The number of nitrogens with one attached hydrogen (secondary N) is 1. The van der Waals surface area contributed by atoms with Crippen LogP contribution in [0.3, 0.4) is 0 Å². The lowest BCUT2D eigenvalue weighted by atomic mass is 9.80. The van der Waals surface area contributed by atoms with Crippen molar-refractivity contribution in [3.8, 4) is 0 Å². The van der Waals surface area contributed by atoms with E-state index in [0.717, 1.165) is 76.6 Å². The van der Waals surface area contributed by atoms with Gasteiger partial charge in [0.15, 0.2) is 0 Å². The van der Waals surface area contributed by atoms with Crippen LogP contribution in [0, 0.1) is 0 Å². The normalized spacial score (nSPS) is 24.3. The molecular weight excluding hydrogens is 511 g/mol. The van der Waals surface area contributed by atoms with Gasteiger partial charge in [-0.2, -0.15) is 13.2 Å².